The number of rotatable bonds is 5. The van der Waals surface area contributed by atoms with Crippen LogP contribution in [0.15, 0.2) is 36.7 Å². The summed E-state index contributed by atoms with van der Waals surface area (Å²) in [5.41, 5.74) is 3.87. The monoisotopic (exact) mass is 241 g/mol. The lowest BCUT2D eigenvalue weighted by molar-refractivity contribution is 0.679. The SMILES string of the molecule is Cc1cnn(Cc2ccc(CNC3CC3)cc2)c1. The van der Waals surface area contributed by atoms with E-state index < -0.39 is 0 Å². The molecule has 0 radical (unpaired) electrons. The summed E-state index contributed by atoms with van der Waals surface area (Å²) in [4.78, 5) is 0. The van der Waals surface area contributed by atoms with Crippen molar-refractivity contribution in [1.82, 2.24) is 15.1 Å². The summed E-state index contributed by atoms with van der Waals surface area (Å²) in [5, 5.41) is 7.83. The minimum Gasteiger partial charge on any atom is -0.310 e. The van der Waals surface area contributed by atoms with Crippen molar-refractivity contribution >= 4 is 0 Å². The van der Waals surface area contributed by atoms with Crippen molar-refractivity contribution in [2.45, 2.75) is 38.9 Å². The van der Waals surface area contributed by atoms with Gasteiger partial charge in [0.05, 0.1) is 12.7 Å². The fourth-order valence-electron chi connectivity index (χ4n) is 2.05. The largest absolute Gasteiger partial charge is 0.310 e. The van der Waals surface area contributed by atoms with Gasteiger partial charge in [0.1, 0.15) is 0 Å². The minimum absolute atomic E-state index is 0.775. The van der Waals surface area contributed by atoms with Crippen molar-refractivity contribution in [1.29, 1.82) is 0 Å². The fourth-order valence-corrected chi connectivity index (χ4v) is 2.05. The quantitative estimate of drug-likeness (QED) is 0.871. The Kier molecular flexibility index (Phi) is 3.15. The Morgan fingerprint density at radius 3 is 2.56 bits per heavy atom. The number of nitrogens with one attached hydrogen (secondary N) is 1. The van der Waals surface area contributed by atoms with Crippen LogP contribution in [0.3, 0.4) is 0 Å². The predicted octanol–water partition coefficient (Wildman–Crippen LogP) is 2.49. The lowest BCUT2D eigenvalue weighted by Crippen LogP contribution is -2.15. The van der Waals surface area contributed by atoms with E-state index in [1.54, 1.807) is 0 Å². The second kappa shape index (κ2) is 4.94. The van der Waals surface area contributed by atoms with Crippen LogP contribution in [-0.2, 0) is 13.1 Å². The zero-order valence-corrected chi connectivity index (χ0v) is 10.8. The van der Waals surface area contributed by atoms with E-state index in [1.165, 1.54) is 29.5 Å². The highest BCUT2D eigenvalue weighted by Crippen LogP contribution is 2.19. The molecular formula is C15H19N3. The highest BCUT2D eigenvalue weighted by atomic mass is 15.3. The molecule has 1 aliphatic rings. The first-order valence-electron chi connectivity index (χ1n) is 6.60. The van der Waals surface area contributed by atoms with Crippen molar-refractivity contribution in [2.24, 2.45) is 0 Å². The van der Waals surface area contributed by atoms with Crippen molar-refractivity contribution in [3.63, 3.8) is 0 Å². The standard InChI is InChI=1S/C15H19N3/c1-12-8-17-18(10-12)11-14-4-2-13(3-5-14)9-16-15-6-7-15/h2-5,8,10,15-16H,6-7,9,11H2,1H3. The van der Waals surface area contributed by atoms with E-state index in [4.69, 9.17) is 0 Å². The van der Waals surface area contributed by atoms with Crippen molar-refractivity contribution in [3.8, 4) is 0 Å². The van der Waals surface area contributed by atoms with E-state index in [0.717, 1.165) is 19.1 Å². The van der Waals surface area contributed by atoms with E-state index in [2.05, 4.69) is 47.8 Å². The van der Waals surface area contributed by atoms with Crippen LogP contribution < -0.4 is 5.32 Å². The molecule has 0 unspecified atom stereocenters. The van der Waals surface area contributed by atoms with Crippen LogP contribution in [0.25, 0.3) is 0 Å². The second-order valence-corrected chi connectivity index (χ2v) is 5.19. The molecule has 0 aliphatic heterocycles. The van der Waals surface area contributed by atoms with Crippen molar-refractivity contribution in [3.05, 3.63) is 53.3 Å². The molecule has 3 nitrogen and oxygen atoms in total. The fraction of sp³-hybridized carbons (Fsp3) is 0.400. The molecule has 1 fully saturated rings. The Labute approximate surface area is 108 Å². The summed E-state index contributed by atoms with van der Waals surface area (Å²) in [7, 11) is 0. The Balaban J connectivity index is 1.59. The van der Waals surface area contributed by atoms with E-state index in [1.807, 2.05) is 10.9 Å². The number of aryl methyl sites for hydroxylation is 1. The van der Waals surface area contributed by atoms with Gasteiger partial charge in [0.25, 0.3) is 0 Å². The van der Waals surface area contributed by atoms with Gasteiger partial charge in [0, 0.05) is 18.8 Å². The van der Waals surface area contributed by atoms with Gasteiger partial charge in [-0.25, -0.2) is 0 Å². The Bertz CT molecular complexity index is 509. The van der Waals surface area contributed by atoms with Crippen molar-refractivity contribution in [2.75, 3.05) is 0 Å². The Hall–Kier alpha value is -1.61. The van der Waals surface area contributed by atoms with Crippen LogP contribution in [0.5, 0.6) is 0 Å². The third kappa shape index (κ3) is 2.99. The molecule has 1 aromatic carbocycles. The summed E-state index contributed by atoms with van der Waals surface area (Å²) in [6.45, 7) is 3.91. The van der Waals surface area contributed by atoms with Crippen LogP contribution in [0.1, 0.15) is 29.5 Å². The topological polar surface area (TPSA) is 29.9 Å². The first kappa shape index (κ1) is 11.5. The average molecular weight is 241 g/mol. The molecule has 0 spiro atoms. The molecular weight excluding hydrogens is 222 g/mol. The smallest absolute Gasteiger partial charge is 0.0659 e. The normalized spacial score (nSPS) is 14.9. The molecule has 18 heavy (non-hydrogen) atoms. The van der Waals surface area contributed by atoms with Crippen LogP contribution in [-0.4, -0.2) is 15.8 Å². The lowest BCUT2D eigenvalue weighted by Gasteiger charge is -2.05. The number of hydrogen-bond acceptors (Lipinski definition) is 2. The molecule has 0 amide bonds. The Morgan fingerprint density at radius 1 is 1.22 bits per heavy atom. The van der Waals surface area contributed by atoms with Gasteiger partial charge in [-0.1, -0.05) is 24.3 Å². The predicted molar refractivity (Wildman–Crippen MR) is 72.4 cm³/mol. The van der Waals surface area contributed by atoms with Crippen LogP contribution >= 0.6 is 0 Å². The molecule has 3 rings (SSSR count). The van der Waals surface area contributed by atoms with Gasteiger partial charge in [0.2, 0.25) is 0 Å². The summed E-state index contributed by atoms with van der Waals surface area (Å²) in [6.07, 6.45) is 6.66. The van der Waals surface area contributed by atoms with Crippen molar-refractivity contribution < 1.29 is 0 Å². The molecule has 1 saturated carbocycles. The van der Waals surface area contributed by atoms with Crippen LogP contribution in [0.4, 0.5) is 0 Å². The zero-order chi connectivity index (χ0) is 12.4. The van der Waals surface area contributed by atoms with E-state index in [-0.39, 0.29) is 0 Å². The van der Waals surface area contributed by atoms with Gasteiger partial charge in [0.15, 0.2) is 0 Å². The number of benzene rings is 1. The number of hydrogen-bond donors (Lipinski definition) is 1. The van der Waals surface area contributed by atoms with Gasteiger partial charge in [-0.2, -0.15) is 5.10 Å². The molecule has 0 bridgehead atoms. The third-order valence-corrected chi connectivity index (χ3v) is 3.30. The summed E-state index contributed by atoms with van der Waals surface area (Å²) >= 11 is 0. The number of aromatic nitrogens is 2. The molecule has 1 N–H and O–H groups in total. The first-order valence-corrected chi connectivity index (χ1v) is 6.60. The molecule has 2 aromatic rings. The van der Waals surface area contributed by atoms with Crippen LogP contribution in [0.2, 0.25) is 0 Å². The third-order valence-electron chi connectivity index (χ3n) is 3.30. The first-order chi connectivity index (χ1) is 8.79. The summed E-state index contributed by atoms with van der Waals surface area (Å²) < 4.78 is 1.98. The molecule has 1 aliphatic carbocycles. The highest BCUT2D eigenvalue weighted by Gasteiger charge is 2.19. The summed E-state index contributed by atoms with van der Waals surface area (Å²) in [5.74, 6) is 0. The maximum atomic E-state index is 4.31. The van der Waals surface area contributed by atoms with Gasteiger partial charge in [-0.3, -0.25) is 4.68 Å². The molecule has 3 heteroatoms. The zero-order valence-electron chi connectivity index (χ0n) is 10.8. The van der Waals surface area contributed by atoms with E-state index >= 15 is 0 Å². The van der Waals surface area contributed by atoms with Gasteiger partial charge < -0.3 is 5.32 Å². The maximum absolute atomic E-state index is 4.31. The lowest BCUT2D eigenvalue weighted by atomic mass is 10.1. The van der Waals surface area contributed by atoms with Gasteiger partial charge in [-0.05, 0) is 36.5 Å². The van der Waals surface area contributed by atoms with E-state index in [9.17, 15) is 0 Å². The number of nitrogens with zero attached hydrogens (tertiary/aromatic N) is 2. The highest BCUT2D eigenvalue weighted by molar-refractivity contribution is 5.23. The second-order valence-electron chi connectivity index (χ2n) is 5.19. The summed E-state index contributed by atoms with van der Waals surface area (Å²) in [6, 6.07) is 9.58. The van der Waals surface area contributed by atoms with Gasteiger partial charge in [-0.15, -0.1) is 0 Å². The van der Waals surface area contributed by atoms with Crippen LogP contribution in [0, 0.1) is 6.92 Å². The maximum Gasteiger partial charge on any atom is 0.0659 e. The molecule has 1 heterocycles. The average Bonchev–Trinajstić information content (AvgIpc) is 3.12. The molecule has 0 saturated heterocycles. The van der Waals surface area contributed by atoms with E-state index in [0.29, 0.717) is 0 Å². The molecule has 0 atom stereocenters. The Morgan fingerprint density at radius 2 is 1.94 bits per heavy atom. The molecule has 94 valence electrons. The minimum atomic E-state index is 0.775. The molecule has 1 aromatic heterocycles. The van der Waals surface area contributed by atoms with Gasteiger partial charge >= 0.3 is 0 Å².